The molecule has 3 nitrogen and oxygen atoms in total. The maximum atomic E-state index is 11.6. The van der Waals surface area contributed by atoms with E-state index < -0.39 is 6.10 Å². The Balaban J connectivity index is 2.30. The van der Waals surface area contributed by atoms with Gasteiger partial charge >= 0.3 is 5.97 Å². The summed E-state index contributed by atoms with van der Waals surface area (Å²) in [6, 6.07) is 0. The second kappa shape index (κ2) is 5.11. The van der Waals surface area contributed by atoms with Crippen molar-refractivity contribution in [1.82, 2.24) is 0 Å². The monoisotopic (exact) mass is 248 g/mol. The molecule has 0 radical (unpaired) electrons. The molecule has 98 valence electrons. The Kier molecular flexibility index (Phi) is 3.71. The van der Waals surface area contributed by atoms with Gasteiger partial charge in [0.1, 0.15) is 6.10 Å². The van der Waals surface area contributed by atoms with Crippen LogP contribution in [0.3, 0.4) is 0 Å². The molecule has 1 N–H and O–H groups in total. The summed E-state index contributed by atoms with van der Waals surface area (Å²) in [5.74, 6) is -0.439. The zero-order chi connectivity index (χ0) is 13.3. The van der Waals surface area contributed by atoms with Crippen molar-refractivity contribution >= 4 is 5.97 Å². The number of ether oxygens (including phenoxy) is 1. The largest absolute Gasteiger partial charge is 0.454 e. The molecule has 1 saturated heterocycles. The van der Waals surface area contributed by atoms with E-state index in [9.17, 15) is 9.90 Å². The van der Waals surface area contributed by atoms with Crippen LogP contribution < -0.4 is 0 Å². The molecule has 3 heteroatoms. The van der Waals surface area contributed by atoms with Crippen molar-refractivity contribution in [2.45, 2.75) is 45.3 Å². The Morgan fingerprint density at radius 1 is 1.44 bits per heavy atom. The number of aliphatic hydroxyl groups excluding tert-OH is 1. The minimum absolute atomic E-state index is 0.108. The summed E-state index contributed by atoms with van der Waals surface area (Å²) in [5, 5.41) is 10.1. The van der Waals surface area contributed by atoms with Crippen LogP contribution in [0.15, 0.2) is 35.5 Å². The molecule has 0 bridgehead atoms. The molecule has 1 aliphatic carbocycles. The molecular formula is C15H20O3. The minimum atomic E-state index is -0.518. The first-order valence-electron chi connectivity index (χ1n) is 6.41. The zero-order valence-electron chi connectivity index (χ0n) is 11.0. The van der Waals surface area contributed by atoms with Gasteiger partial charge in [-0.1, -0.05) is 18.2 Å². The Morgan fingerprint density at radius 2 is 2.17 bits per heavy atom. The van der Waals surface area contributed by atoms with E-state index in [4.69, 9.17) is 4.74 Å². The molecule has 0 aromatic rings. The van der Waals surface area contributed by atoms with E-state index in [-0.39, 0.29) is 18.0 Å². The van der Waals surface area contributed by atoms with Gasteiger partial charge in [0.25, 0.3) is 0 Å². The molecule has 2 aliphatic rings. The first-order chi connectivity index (χ1) is 8.49. The Labute approximate surface area is 108 Å². The zero-order valence-corrected chi connectivity index (χ0v) is 11.0. The highest BCUT2D eigenvalue weighted by Gasteiger charge is 2.38. The predicted molar refractivity (Wildman–Crippen MR) is 69.9 cm³/mol. The SMILES string of the molecule is C=C1C(=O)O[C@H]2/C=C(\C)CC/C=C(\C)[C@H](O)C[C@@H]12. The predicted octanol–water partition coefficient (Wildman–Crippen LogP) is 2.52. The van der Waals surface area contributed by atoms with Crippen molar-refractivity contribution in [2.75, 3.05) is 0 Å². The van der Waals surface area contributed by atoms with E-state index in [1.165, 1.54) is 5.57 Å². The third-order valence-corrected chi connectivity index (χ3v) is 3.81. The number of carbonyl (C=O) groups excluding carboxylic acids is 1. The van der Waals surface area contributed by atoms with Crippen molar-refractivity contribution in [3.05, 3.63) is 35.5 Å². The molecule has 1 aliphatic heterocycles. The maximum Gasteiger partial charge on any atom is 0.334 e. The van der Waals surface area contributed by atoms with Gasteiger partial charge in [-0.25, -0.2) is 4.79 Å². The van der Waals surface area contributed by atoms with Crippen LogP contribution in [0, 0.1) is 5.92 Å². The summed E-state index contributed by atoms with van der Waals surface area (Å²) in [5.41, 5.74) is 2.67. The number of fused-ring (bicyclic) bond motifs is 1. The van der Waals surface area contributed by atoms with Gasteiger partial charge in [-0.05, 0) is 44.8 Å². The van der Waals surface area contributed by atoms with Crippen LogP contribution in [0.25, 0.3) is 0 Å². The summed E-state index contributed by atoms with van der Waals surface area (Å²) in [4.78, 5) is 11.6. The van der Waals surface area contributed by atoms with E-state index in [0.717, 1.165) is 18.4 Å². The van der Waals surface area contributed by atoms with Gasteiger partial charge in [-0.2, -0.15) is 0 Å². The molecule has 2 rings (SSSR count). The third-order valence-electron chi connectivity index (χ3n) is 3.81. The molecule has 0 aromatic heterocycles. The first-order valence-corrected chi connectivity index (χ1v) is 6.41. The fraction of sp³-hybridized carbons (Fsp3) is 0.533. The van der Waals surface area contributed by atoms with Crippen LogP contribution in [0.2, 0.25) is 0 Å². The lowest BCUT2D eigenvalue weighted by molar-refractivity contribution is -0.137. The highest BCUT2D eigenvalue weighted by molar-refractivity contribution is 5.91. The number of rotatable bonds is 0. The number of esters is 1. The summed E-state index contributed by atoms with van der Waals surface area (Å²) in [6.45, 7) is 7.78. The summed E-state index contributed by atoms with van der Waals surface area (Å²) >= 11 is 0. The molecule has 1 fully saturated rings. The van der Waals surface area contributed by atoms with Crippen molar-refractivity contribution in [3.8, 4) is 0 Å². The Morgan fingerprint density at radius 3 is 2.89 bits per heavy atom. The molecule has 0 spiro atoms. The van der Waals surface area contributed by atoms with E-state index in [1.807, 2.05) is 19.9 Å². The average Bonchev–Trinajstić information content (AvgIpc) is 2.56. The quantitative estimate of drug-likeness (QED) is 0.407. The van der Waals surface area contributed by atoms with Gasteiger partial charge in [0.05, 0.1) is 6.10 Å². The van der Waals surface area contributed by atoms with Gasteiger partial charge in [0.2, 0.25) is 0 Å². The molecule has 1 heterocycles. The van der Waals surface area contributed by atoms with Crippen LogP contribution in [-0.4, -0.2) is 23.3 Å². The smallest absolute Gasteiger partial charge is 0.334 e. The first kappa shape index (κ1) is 13.1. The highest BCUT2D eigenvalue weighted by atomic mass is 16.5. The minimum Gasteiger partial charge on any atom is -0.454 e. The van der Waals surface area contributed by atoms with Crippen molar-refractivity contribution < 1.29 is 14.6 Å². The van der Waals surface area contributed by atoms with Crippen LogP contribution in [0.5, 0.6) is 0 Å². The second-order valence-corrected chi connectivity index (χ2v) is 5.25. The average molecular weight is 248 g/mol. The van der Waals surface area contributed by atoms with Crippen LogP contribution in [0.4, 0.5) is 0 Å². The number of carbonyl (C=O) groups is 1. The fourth-order valence-electron chi connectivity index (χ4n) is 2.51. The van der Waals surface area contributed by atoms with E-state index in [2.05, 4.69) is 12.7 Å². The molecule has 0 unspecified atom stereocenters. The number of hydrogen-bond acceptors (Lipinski definition) is 3. The van der Waals surface area contributed by atoms with Gasteiger partial charge in [0, 0.05) is 11.5 Å². The fourth-order valence-corrected chi connectivity index (χ4v) is 2.51. The van der Waals surface area contributed by atoms with Crippen molar-refractivity contribution in [1.29, 1.82) is 0 Å². The van der Waals surface area contributed by atoms with Gasteiger partial charge < -0.3 is 9.84 Å². The summed E-state index contributed by atoms with van der Waals surface area (Å²) < 4.78 is 5.32. The standard InChI is InChI=1S/C15H20O3/c1-9-5-4-6-10(2)13(16)8-12-11(3)15(17)18-14(12)7-9/h6-7,12-14,16H,3-5,8H2,1-2H3/b9-7+,10-6+/t12-,13+,14-/m0/s1. The highest BCUT2D eigenvalue weighted by Crippen LogP contribution is 2.34. The molecule has 18 heavy (non-hydrogen) atoms. The van der Waals surface area contributed by atoms with Crippen LogP contribution in [0.1, 0.15) is 33.1 Å². The summed E-state index contributed by atoms with van der Waals surface area (Å²) in [6.07, 6.45) is 5.64. The van der Waals surface area contributed by atoms with Gasteiger partial charge in [0.15, 0.2) is 0 Å². The van der Waals surface area contributed by atoms with E-state index in [0.29, 0.717) is 12.0 Å². The lowest BCUT2D eigenvalue weighted by Gasteiger charge is -2.21. The molecule has 0 saturated carbocycles. The van der Waals surface area contributed by atoms with Crippen LogP contribution >= 0.6 is 0 Å². The van der Waals surface area contributed by atoms with E-state index in [1.54, 1.807) is 0 Å². The molecular weight excluding hydrogens is 228 g/mol. The number of aliphatic hydroxyl groups is 1. The third kappa shape index (κ3) is 2.56. The van der Waals surface area contributed by atoms with Crippen molar-refractivity contribution in [3.63, 3.8) is 0 Å². The van der Waals surface area contributed by atoms with Crippen molar-refractivity contribution in [2.24, 2.45) is 5.92 Å². The molecule has 3 atom stereocenters. The molecule has 0 amide bonds. The Hall–Kier alpha value is -1.35. The Bertz CT molecular complexity index is 431. The van der Waals surface area contributed by atoms with Gasteiger partial charge in [-0.15, -0.1) is 0 Å². The number of allylic oxidation sites excluding steroid dienone is 2. The maximum absolute atomic E-state index is 11.6. The van der Waals surface area contributed by atoms with E-state index >= 15 is 0 Å². The summed E-state index contributed by atoms with van der Waals surface area (Å²) in [7, 11) is 0. The second-order valence-electron chi connectivity index (χ2n) is 5.25. The lowest BCUT2D eigenvalue weighted by atomic mass is 9.87. The number of hydrogen-bond donors (Lipinski definition) is 1. The van der Waals surface area contributed by atoms with Gasteiger partial charge in [-0.3, -0.25) is 0 Å². The van der Waals surface area contributed by atoms with Crippen LogP contribution in [-0.2, 0) is 9.53 Å². The topological polar surface area (TPSA) is 46.5 Å². The lowest BCUT2D eigenvalue weighted by Crippen LogP contribution is -2.22. The normalized spacial score (nSPS) is 39.2. The molecule has 0 aromatic carbocycles.